The van der Waals surface area contributed by atoms with Gasteiger partial charge in [-0.05, 0) is 36.6 Å². The summed E-state index contributed by atoms with van der Waals surface area (Å²) >= 11 is 5.93. The van der Waals surface area contributed by atoms with Gasteiger partial charge in [0.05, 0.1) is 0 Å². The molecule has 0 spiro atoms. The van der Waals surface area contributed by atoms with Crippen LogP contribution in [-0.4, -0.2) is 15.9 Å². The number of carbonyl (C=O) groups excluding carboxylic acids is 1. The van der Waals surface area contributed by atoms with Crippen LogP contribution in [0.4, 0.5) is 0 Å². The van der Waals surface area contributed by atoms with Gasteiger partial charge in [0.1, 0.15) is 5.75 Å². The van der Waals surface area contributed by atoms with Crippen molar-refractivity contribution in [3.05, 3.63) is 57.9 Å². The molecular weight excluding hydrogens is 274 g/mol. The van der Waals surface area contributed by atoms with Crippen LogP contribution in [0.3, 0.4) is 0 Å². The van der Waals surface area contributed by atoms with Crippen molar-refractivity contribution in [1.29, 1.82) is 0 Å². The van der Waals surface area contributed by atoms with Gasteiger partial charge < -0.3 is 5.11 Å². The first-order valence-corrected chi connectivity index (χ1v) is 6.84. The monoisotopic (exact) mass is 289 g/mol. The maximum atomic E-state index is 12.4. The van der Waals surface area contributed by atoms with Crippen LogP contribution in [-0.2, 0) is 12.8 Å². The molecule has 1 heterocycles. The Labute approximate surface area is 123 Å². The van der Waals surface area contributed by atoms with Gasteiger partial charge in [-0.25, -0.2) is 0 Å². The minimum absolute atomic E-state index is 0.0266. The summed E-state index contributed by atoms with van der Waals surface area (Å²) < 4.78 is 0. The number of hydrogen-bond acceptors (Lipinski definition) is 3. The number of aryl methyl sites for hydroxylation is 2. The number of phenolic OH excluding ortho intramolecular Hbond substituents is 1. The molecule has 0 aliphatic carbocycles. The zero-order chi connectivity index (χ0) is 14.7. The SMILES string of the molecule is CCc1cnccc1C(=O)Cc1cc(C)c(Cl)cc1O. The molecule has 3 nitrogen and oxygen atoms in total. The van der Waals surface area contributed by atoms with E-state index in [1.165, 1.54) is 6.07 Å². The Bertz CT molecular complexity index is 653. The van der Waals surface area contributed by atoms with Crippen molar-refractivity contribution in [2.75, 3.05) is 0 Å². The molecule has 0 saturated heterocycles. The minimum atomic E-state index is -0.0266. The van der Waals surface area contributed by atoms with E-state index in [9.17, 15) is 9.90 Å². The molecule has 2 rings (SSSR count). The molecule has 0 saturated carbocycles. The average Bonchev–Trinajstić information content (AvgIpc) is 2.44. The first-order chi connectivity index (χ1) is 9.52. The number of benzene rings is 1. The van der Waals surface area contributed by atoms with Crippen molar-refractivity contribution in [1.82, 2.24) is 4.98 Å². The number of halogens is 1. The zero-order valence-corrected chi connectivity index (χ0v) is 12.2. The number of aromatic hydroxyl groups is 1. The number of hydrogen-bond donors (Lipinski definition) is 1. The molecule has 1 N–H and O–H groups in total. The van der Waals surface area contributed by atoms with Gasteiger partial charge in [-0.15, -0.1) is 0 Å². The molecule has 104 valence electrons. The van der Waals surface area contributed by atoms with Gasteiger partial charge in [0, 0.05) is 35.0 Å². The van der Waals surface area contributed by atoms with E-state index in [-0.39, 0.29) is 18.0 Å². The molecule has 0 radical (unpaired) electrons. The van der Waals surface area contributed by atoms with Crippen LogP contribution >= 0.6 is 11.6 Å². The Balaban J connectivity index is 2.30. The Morgan fingerprint density at radius 1 is 1.35 bits per heavy atom. The summed E-state index contributed by atoms with van der Waals surface area (Å²) in [5.41, 5.74) is 3.02. The van der Waals surface area contributed by atoms with Gasteiger partial charge in [0.2, 0.25) is 0 Å². The summed E-state index contributed by atoms with van der Waals surface area (Å²) in [5, 5.41) is 10.4. The highest BCUT2D eigenvalue weighted by molar-refractivity contribution is 6.31. The van der Waals surface area contributed by atoms with Crippen LogP contribution < -0.4 is 0 Å². The number of phenols is 1. The van der Waals surface area contributed by atoms with Crippen molar-refractivity contribution < 1.29 is 9.90 Å². The fourth-order valence-corrected chi connectivity index (χ4v) is 2.28. The second kappa shape index (κ2) is 6.06. The van der Waals surface area contributed by atoms with Gasteiger partial charge >= 0.3 is 0 Å². The molecule has 4 heteroatoms. The van der Waals surface area contributed by atoms with Crippen molar-refractivity contribution >= 4 is 17.4 Å². The quantitative estimate of drug-likeness (QED) is 0.872. The Kier molecular flexibility index (Phi) is 4.40. The summed E-state index contributed by atoms with van der Waals surface area (Å²) in [4.78, 5) is 16.4. The molecular formula is C16H16ClNO2. The topological polar surface area (TPSA) is 50.2 Å². The lowest BCUT2D eigenvalue weighted by atomic mass is 9.97. The number of Topliss-reactive ketones (excluding diaryl/α,β-unsaturated/α-hetero) is 1. The third-order valence-corrected chi connectivity index (χ3v) is 3.70. The van der Waals surface area contributed by atoms with Crippen LogP contribution in [0.5, 0.6) is 5.75 Å². The van der Waals surface area contributed by atoms with Gasteiger partial charge in [0.15, 0.2) is 5.78 Å². The lowest BCUT2D eigenvalue weighted by Crippen LogP contribution is -2.07. The van der Waals surface area contributed by atoms with Crippen LogP contribution in [0.1, 0.15) is 34.0 Å². The van der Waals surface area contributed by atoms with E-state index in [4.69, 9.17) is 11.6 Å². The van der Waals surface area contributed by atoms with E-state index in [0.717, 1.165) is 17.5 Å². The maximum absolute atomic E-state index is 12.4. The van der Waals surface area contributed by atoms with Gasteiger partial charge in [0.25, 0.3) is 0 Å². The van der Waals surface area contributed by atoms with Gasteiger partial charge in [-0.2, -0.15) is 0 Å². The number of pyridine rings is 1. The van der Waals surface area contributed by atoms with Crippen molar-refractivity contribution in [3.8, 4) is 5.75 Å². The number of ketones is 1. The number of carbonyl (C=O) groups is 1. The summed E-state index contributed by atoms with van der Waals surface area (Å²) in [6.07, 6.45) is 4.22. The smallest absolute Gasteiger partial charge is 0.167 e. The lowest BCUT2D eigenvalue weighted by molar-refractivity contribution is 0.0991. The molecule has 0 aliphatic heterocycles. The van der Waals surface area contributed by atoms with Gasteiger partial charge in [-0.1, -0.05) is 24.6 Å². The predicted molar refractivity (Wildman–Crippen MR) is 79.5 cm³/mol. The van der Waals surface area contributed by atoms with E-state index >= 15 is 0 Å². The third-order valence-electron chi connectivity index (χ3n) is 3.30. The maximum Gasteiger partial charge on any atom is 0.167 e. The highest BCUT2D eigenvalue weighted by Gasteiger charge is 2.14. The molecule has 0 unspecified atom stereocenters. The van der Waals surface area contributed by atoms with E-state index in [1.807, 2.05) is 13.8 Å². The van der Waals surface area contributed by atoms with E-state index in [1.54, 1.807) is 24.5 Å². The third kappa shape index (κ3) is 2.99. The zero-order valence-electron chi connectivity index (χ0n) is 11.5. The molecule has 0 fully saturated rings. The molecule has 1 aromatic heterocycles. The van der Waals surface area contributed by atoms with E-state index < -0.39 is 0 Å². The average molecular weight is 290 g/mol. The largest absolute Gasteiger partial charge is 0.508 e. The Morgan fingerprint density at radius 2 is 2.10 bits per heavy atom. The standard InChI is InChI=1S/C16H16ClNO2/c1-3-11-9-18-5-4-13(11)16(20)7-12-6-10(2)14(17)8-15(12)19/h4-6,8-9,19H,3,7H2,1-2H3. The van der Waals surface area contributed by atoms with Crippen molar-refractivity contribution in [2.45, 2.75) is 26.7 Å². The van der Waals surface area contributed by atoms with Crippen molar-refractivity contribution in [3.63, 3.8) is 0 Å². The second-order valence-corrected chi connectivity index (χ2v) is 5.12. The van der Waals surface area contributed by atoms with E-state index in [2.05, 4.69) is 4.98 Å². The molecule has 0 amide bonds. The molecule has 0 atom stereocenters. The number of rotatable bonds is 4. The Morgan fingerprint density at radius 3 is 2.80 bits per heavy atom. The summed E-state index contributed by atoms with van der Waals surface area (Å²) in [6, 6.07) is 4.95. The van der Waals surface area contributed by atoms with Crippen molar-refractivity contribution in [2.24, 2.45) is 0 Å². The molecule has 0 bridgehead atoms. The number of nitrogens with zero attached hydrogens (tertiary/aromatic N) is 1. The highest BCUT2D eigenvalue weighted by Crippen LogP contribution is 2.27. The second-order valence-electron chi connectivity index (χ2n) is 4.72. The van der Waals surface area contributed by atoms with Crippen LogP contribution in [0, 0.1) is 6.92 Å². The molecule has 0 aliphatic rings. The fourth-order valence-electron chi connectivity index (χ4n) is 2.12. The number of aromatic nitrogens is 1. The predicted octanol–water partition coefficient (Wildman–Crippen LogP) is 3.74. The van der Waals surface area contributed by atoms with Crippen LogP contribution in [0.2, 0.25) is 5.02 Å². The Hall–Kier alpha value is -1.87. The van der Waals surface area contributed by atoms with Crippen LogP contribution in [0.25, 0.3) is 0 Å². The summed E-state index contributed by atoms with van der Waals surface area (Å²) in [7, 11) is 0. The minimum Gasteiger partial charge on any atom is -0.508 e. The van der Waals surface area contributed by atoms with Gasteiger partial charge in [-0.3, -0.25) is 9.78 Å². The van der Waals surface area contributed by atoms with Crippen LogP contribution in [0.15, 0.2) is 30.6 Å². The molecule has 1 aromatic carbocycles. The summed E-state index contributed by atoms with van der Waals surface area (Å²) in [5.74, 6) is 0.0299. The normalized spacial score (nSPS) is 10.6. The van der Waals surface area contributed by atoms with E-state index in [0.29, 0.717) is 16.1 Å². The highest BCUT2D eigenvalue weighted by atomic mass is 35.5. The molecule has 2 aromatic rings. The molecule has 20 heavy (non-hydrogen) atoms. The fraction of sp³-hybridized carbons (Fsp3) is 0.250. The summed E-state index contributed by atoms with van der Waals surface area (Å²) in [6.45, 7) is 3.83. The first-order valence-electron chi connectivity index (χ1n) is 6.47. The lowest BCUT2D eigenvalue weighted by Gasteiger charge is -2.09. The first kappa shape index (κ1) is 14.5.